The Labute approximate surface area is 144 Å². The van der Waals surface area contributed by atoms with Crippen LogP contribution in [0.15, 0.2) is 24.3 Å². The molecule has 1 unspecified atom stereocenters. The average Bonchev–Trinajstić information content (AvgIpc) is 2.87. The first-order valence-corrected chi connectivity index (χ1v) is 8.60. The summed E-state index contributed by atoms with van der Waals surface area (Å²) >= 11 is 0. The van der Waals surface area contributed by atoms with E-state index < -0.39 is 5.54 Å². The van der Waals surface area contributed by atoms with E-state index >= 15 is 0 Å². The van der Waals surface area contributed by atoms with Crippen molar-refractivity contribution in [3.63, 3.8) is 0 Å². The molecule has 1 atom stereocenters. The molecule has 0 bridgehead atoms. The van der Waals surface area contributed by atoms with E-state index in [0.717, 1.165) is 12.1 Å². The van der Waals surface area contributed by atoms with Crippen molar-refractivity contribution in [2.24, 2.45) is 0 Å². The van der Waals surface area contributed by atoms with Crippen LogP contribution in [0.2, 0.25) is 0 Å². The van der Waals surface area contributed by atoms with Gasteiger partial charge in [-0.15, -0.1) is 0 Å². The number of nitrogens with one attached hydrogen (secondary N) is 1. The molecule has 1 heterocycles. The van der Waals surface area contributed by atoms with Gasteiger partial charge >= 0.3 is 0 Å². The highest BCUT2D eigenvalue weighted by molar-refractivity contribution is 6.06. The molecule has 0 spiro atoms. The molecule has 0 aliphatic carbocycles. The lowest BCUT2D eigenvalue weighted by Gasteiger charge is -2.34. The van der Waals surface area contributed by atoms with Crippen LogP contribution in [0.4, 0.5) is 5.69 Å². The first-order chi connectivity index (χ1) is 11.4. The quantitative estimate of drug-likeness (QED) is 0.781. The molecule has 5 heteroatoms. The van der Waals surface area contributed by atoms with Gasteiger partial charge in [0.25, 0.3) is 0 Å². The molecule has 132 valence electrons. The number of nitrogens with zero attached hydrogens (tertiary/aromatic N) is 1. The number of rotatable bonds is 7. The van der Waals surface area contributed by atoms with Gasteiger partial charge in [0, 0.05) is 32.4 Å². The van der Waals surface area contributed by atoms with Crippen LogP contribution < -0.4 is 10.2 Å². The highest BCUT2D eigenvalue weighted by Crippen LogP contribution is 2.35. The predicted octanol–water partition coefficient (Wildman–Crippen LogP) is 2.85. The van der Waals surface area contributed by atoms with Crippen LogP contribution in [0, 0.1) is 0 Å². The van der Waals surface area contributed by atoms with Crippen molar-refractivity contribution in [2.45, 2.75) is 51.5 Å². The SMILES string of the molecule is COCCCNC(=O)C1(C)CCC(=O)N1c1ccc(C(C)C)cc1. The number of carbonyl (C=O) groups is 2. The van der Waals surface area contributed by atoms with Gasteiger partial charge in [0.05, 0.1) is 0 Å². The molecule has 1 saturated heterocycles. The largest absolute Gasteiger partial charge is 0.385 e. The molecule has 2 rings (SSSR count). The highest BCUT2D eigenvalue weighted by Gasteiger charge is 2.47. The van der Waals surface area contributed by atoms with Gasteiger partial charge in [0.1, 0.15) is 5.54 Å². The molecule has 24 heavy (non-hydrogen) atoms. The Morgan fingerprint density at radius 2 is 2.00 bits per heavy atom. The van der Waals surface area contributed by atoms with E-state index in [1.54, 1.807) is 12.0 Å². The van der Waals surface area contributed by atoms with E-state index in [0.29, 0.717) is 31.9 Å². The Kier molecular flexibility index (Phi) is 5.99. The Bertz CT molecular complexity index is 583. The van der Waals surface area contributed by atoms with Crippen molar-refractivity contribution in [1.29, 1.82) is 0 Å². The van der Waals surface area contributed by atoms with Crippen LogP contribution in [0.25, 0.3) is 0 Å². The second-order valence-corrected chi connectivity index (χ2v) is 6.85. The molecule has 1 aromatic carbocycles. The molecule has 0 radical (unpaired) electrons. The van der Waals surface area contributed by atoms with E-state index in [4.69, 9.17) is 4.74 Å². The minimum atomic E-state index is -0.830. The maximum Gasteiger partial charge on any atom is 0.246 e. The summed E-state index contributed by atoms with van der Waals surface area (Å²) in [5, 5.41) is 2.94. The number of hydrogen-bond donors (Lipinski definition) is 1. The predicted molar refractivity (Wildman–Crippen MR) is 95.2 cm³/mol. The number of amides is 2. The molecular formula is C19H28N2O3. The fourth-order valence-corrected chi connectivity index (χ4v) is 3.11. The molecular weight excluding hydrogens is 304 g/mol. The summed E-state index contributed by atoms with van der Waals surface area (Å²) in [6.45, 7) is 7.27. The summed E-state index contributed by atoms with van der Waals surface area (Å²) < 4.78 is 5.00. The van der Waals surface area contributed by atoms with Crippen molar-refractivity contribution in [3.8, 4) is 0 Å². The summed E-state index contributed by atoms with van der Waals surface area (Å²) in [6, 6.07) is 7.94. The maximum absolute atomic E-state index is 12.7. The van der Waals surface area contributed by atoms with Crippen molar-refractivity contribution >= 4 is 17.5 Å². The van der Waals surface area contributed by atoms with Gasteiger partial charge in [-0.3, -0.25) is 14.5 Å². The van der Waals surface area contributed by atoms with Gasteiger partial charge in [-0.25, -0.2) is 0 Å². The molecule has 1 fully saturated rings. The van der Waals surface area contributed by atoms with Gasteiger partial charge in [-0.1, -0.05) is 26.0 Å². The molecule has 1 N–H and O–H groups in total. The molecule has 0 aromatic heterocycles. The van der Waals surface area contributed by atoms with Crippen molar-refractivity contribution < 1.29 is 14.3 Å². The van der Waals surface area contributed by atoms with Crippen LogP contribution in [-0.2, 0) is 14.3 Å². The third kappa shape index (κ3) is 3.78. The fraction of sp³-hybridized carbons (Fsp3) is 0.579. The molecule has 0 saturated carbocycles. The second kappa shape index (κ2) is 7.79. The second-order valence-electron chi connectivity index (χ2n) is 6.85. The summed E-state index contributed by atoms with van der Waals surface area (Å²) in [4.78, 5) is 26.8. The molecule has 1 aromatic rings. The lowest BCUT2D eigenvalue weighted by atomic mass is 9.96. The van der Waals surface area contributed by atoms with Gasteiger partial charge in [0.2, 0.25) is 11.8 Å². The fourth-order valence-electron chi connectivity index (χ4n) is 3.11. The van der Waals surface area contributed by atoms with Crippen LogP contribution in [-0.4, -0.2) is 37.6 Å². The third-order valence-electron chi connectivity index (χ3n) is 4.69. The summed E-state index contributed by atoms with van der Waals surface area (Å²) in [6.07, 6.45) is 1.69. The van der Waals surface area contributed by atoms with Crippen LogP contribution in [0.1, 0.15) is 51.5 Å². The first-order valence-electron chi connectivity index (χ1n) is 8.60. The minimum absolute atomic E-state index is 0.00170. The van der Waals surface area contributed by atoms with E-state index in [1.807, 2.05) is 31.2 Å². The number of anilines is 1. The first kappa shape index (κ1) is 18.5. The van der Waals surface area contributed by atoms with E-state index in [1.165, 1.54) is 5.56 Å². The Morgan fingerprint density at radius 3 is 2.58 bits per heavy atom. The van der Waals surface area contributed by atoms with E-state index in [-0.39, 0.29) is 11.8 Å². The lowest BCUT2D eigenvalue weighted by molar-refractivity contribution is -0.127. The Morgan fingerprint density at radius 1 is 1.33 bits per heavy atom. The van der Waals surface area contributed by atoms with Crippen LogP contribution in [0.3, 0.4) is 0 Å². The summed E-state index contributed by atoms with van der Waals surface area (Å²) in [5.41, 5.74) is 1.18. The number of methoxy groups -OCH3 is 1. The molecule has 5 nitrogen and oxygen atoms in total. The molecule has 1 aliphatic rings. The topological polar surface area (TPSA) is 58.6 Å². The lowest BCUT2D eigenvalue weighted by Crippen LogP contribution is -2.55. The Hall–Kier alpha value is -1.88. The van der Waals surface area contributed by atoms with Crippen LogP contribution >= 0.6 is 0 Å². The van der Waals surface area contributed by atoms with Crippen molar-refractivity contribution in [3.05, 3.63) is 29.8 Å². The zero-order valence-corrected chi connectivity index (χ0v) is 15.1. The third-order valence-corrected chi connectivity index (χ3v) is 4.69. The van der Waals surface area contributed by atoms with E-state index in [2.05, 4.69) is 19.2 Å². The normalized spacial score (nSPS) is 20.7. The van der Waals surface area contributed by atoms with Crippen molar-refractivity contribution in [1.82, 2.24) is 5.32 Å². The number of benzene rings is 1. The van der Waals surface area contributed by atoms with Gasteiger partial charge in [-0.2, -0.15) is 0 Å². The van der Waals surface area contributed by atoms with Gasteiger partial charge in [-0.05, 0) is 43.4 Å². The Balaban J connectivity index is 2.16. The zero-order valence-electron chi connectivity index (χ0n) is 15.1. The standard InChI is InChI=1S/C19H28N2O3/c1-14(2)15-6-8-16(9-7-15)21-17(22)10-11-19(21,3)18(23)20-12-5-13-24-4/h6-9,14H,5,10-13H2,1-4H3,(H,20,23). The van der Waals surface area contributed by atoms with E-state index in [9.17, 15) is 9.59 Å². The monoisotopic (exact) mass is 332 g/mol. The summed E-state index contributed by atoms with van der Waals surface area (Å²) in [7, 11) is 1.64. The van der Waals surface area contributed by atoms with Gasteiger partial charge < -0.3 is 10.1 Å². The maximum atomic E-state index is 12.7. The number of hydrogen-bond acceptors (Lipinski definition) is 3. The average molecular weight is 332 g/mol. The van der Waals surface area contributed by atoms with Crippen LogP contribution in [0.5, 0.6) is 0 Å². The minimum Gasteiger partial charge on any atom is -0.385 e. The molecule has 1 aliphatic heterocycles. The smallest absolute Gasteiger partial charge is 0.246 e. The van der Waals surface area contributed by atoms with Gasteiger partial charge in [0.15, 0.2) is 0 Å². The molecule has 2 amide bonds. The highest BCUT2D eigenvalue weighted by atomic mass is 16.5. The number of ether oxygens (including phenoxy) is 1. The summed E-state index contributed by atoms with van der Waals surface area (Å²) in [5.74, 6) is 0.336. The number of carbonyl (C=O) groups excluding carboxylic acids is 2. The van der Waals surface area contributed by atoms with Crippen molar-refractivity contribution in [2.75, 3.05) is 25.2 Å². The zero-order chi connectivity index (χ0) is 17.7.